The fraction of sp³-hybridized carbons (Fsp3) is 0.250. The number of hydrogen-bond donors (Lipinski definition) is 1. The van der Waals surface area contributed by atoms with E-state index in [0.29, 0.717) is 28.6 Å². The standard InChI is InChI=1S/C16H14BrF2NO/c17-11-6-13(19)8-15(7-11)21-16-4-1-12(18)5-10(16)9-20-14-2-3-14/h1,4-8,14,20H,2-3,9H2. The summed E-state index contributed by atoms with van der Waals surface area (Å²) in [5, 5.41) is 3.32. The molecule has 1 aliphatic rings. The Kier molecular flexibility index (Phi) is 4.22. The van der Waals surface area contributed by atoms with E-state index in [1.807, 2.05) is 0 Å². The third-order valence-electron chi connectivity index (χ3n) is 3.24. The molecule has 1 saturated carbocycles. The van der Waals surface area contributed by atoms with Crippen LogP contribution in [0, 0.1) is 11.6 Å². The molecule has 0 saturated heterocycles. The maximum absolute atomic E-state index is 13.4. The van der Waals surface area contributed by atoms with Crippen molar-refractivity contribution in [1.82, 2.24) is 5.32 Å². The summed E-state index contributed by atoms with van der Waals surface area (Å²) in [5.74, 6) is 0.206. The Labute approximate surface area is 130 Å². The first kappa shape index (κ1) is 14.5. The lowest BCUT2D eigenvalue weighted by atomic mass is 10.2. The molecule has 0 spiro atoms. The van der Waals surface area contributed by atoms with Crippen molar-refractivity contribution in [3.05, 3.63) is 58.1 Å². The Morgan fingerprint density at radius 3 is 2.62 bits per heavy atom. The zero-order chi connectivity index (χ0) is 14.8. The zero-order valence-corrected chi connectivity index (χ0v) is 12.8. The van der Waals surface area contributed by atoms with Gasteiger partial charge in [-0.05, 0) is 43.2 Å². The number of ether oxygens (including phenoxy) is 1. The highest BCUT2D eigenvalue weighted by Crippen LogP contribution is 2.29. The van der Waals surface area contributed by atoms with Crippen LogP contribution >= 0.6 is 15.9 Å². The van der Waals surface area contributed by atoms with Crippen LogP contribution in [0.1, 0.15) is 18.4 Å². The second-order valence-corrected chi connectivity index (χ2v) is 6.03. The van der Waals surface area contributed by atoms with E-state index >= 15 is 0 Å². The fourth-order valence-corrected chi connectivity index (χ4v) is 2.49. The number of halogens is 3. The summed E-state index contributed by atoms with van der Waals surface area (Å²) in [6.45, 7) is 0.536. The van der Waals surface area contributed by atoms with Crippen molar-refractivity contribution in [1.29, 1.82) is 0 Å². The number of rotatable bonds is 5. The average molecular weight is 354 g/mol. The van der Waals surface area contributed by atoms with Crippen molar-refractivity contribution in [2.45, 2.75) is 25.4 Å². The topological polar surface area (TPSA) is 21.3 Å². The van der Waals surface area contributed by atoms with E-state index in [1.54, 1.807) is 12.1 Å². The van der Waals surface area contributed by atoms with Gasteiger partial charge in [0.1, 0.15) is 23.1 Å². The number of nitrogens with one attached hydrogen (secondary N) is 1. The predicted octanol–water partition coefficient (Wildman–Crippen LogP) is 4.77. The third-order valence-corrected chi connectivity index (χ3v) is 3.70. The molecule has 0 unspecified atom stereocenters. The normalized spacial score (nSPS) is 14.2. The summed E-state index contributed by atoms with van der Waals surface area (Å²) in [6.07, 6.45) is 2.31. The monoisotopic (exact) mass is 353 g/mol. The molecule has 2 nitrogen and oxygen atoms in total. The van der Waals surface area contributed by atoms with Gasteiger partial charge in [0.2, 0.25) is 0 Å². The van der Waals surface area contributed by atoms with Crippen molar-refractivity contribution in [3.8, 4) is 11.5 Å². The molecule has 5 heteroatoms. The van der Waals surface area contributed by atoms with Gasteiger partial charge in [0, 0.05) is 28.7 Å². The van der Waals surface area contributed by atoms with Crippen molar-refractivity contribution in [2.75, 3.05) is 0 Å². The smallest absolute Gasteiger partial charge is 0.132 e. The maximum atomic E-state index is 13.4. The van der Waals surface area contributed by atoms with Gasteiger partial charge in [-0.1, -0.05) is 15.9 Å². The summed E-state index contributed by atoms with van der Waals surface area (Å²) in [5.41, 5.74) is 0.724. The van der Waals surface area contributed by atoms with Crippen molar-refractivity contribution in [3.63, 3.8) is 0 Å². The summed E-state index contributed by atoms with van der Waals surface area (Å²) in [6, 6.07) is 9.19. The molecule has 0 heterocycles. The Morgan fingerprint density at radius 2 is 1.90 bits per heavy atom. The largest absolute Gasteiger partial charge is 0.457 e. The summed E-state index contributed by atoms with van der Waals surface area (Å²) in [4.78, 5) is 0. The molecule has 0 aliphatic heterocycles. The second-order valence-electron chi connectivity index (χ2n) is 5.11. The molecule has 110 valence electrons. The first-order valence-electron chi connectivity index (χ1n) is 6.76. The van der Waals surface area contributed by atoms with Crippen LogP contribution in [0.3, 0.4) is 0 Å². The molecular formula is C16H14BrF2NO. The lowest BCUT2D eigenvalue weighted by Crippen LogP contribution is -2.15. The second kappa shape index (κ2) is 6.12. The average Bonchev–Trinajstić information content (AvgIpc) is 3.22. The van der Waals surface area contributed by atoms with Crippen LogP contribution in [-0.2, 0) is 6.54 Å². The highest BCUT2D eigenvalue weighted by atomic mass is 79.9. The SMILES string of the molecule is Fc1cc(Br)cc(Oc2ccc(F)cc2CNC2CC2)c1. The summed E-state index contributed by atoms with van der Waals surface area (Å²) >= 11 is 3.22. The maximum Gasteiger partial charge on any atom is 0.132 e. The van der Waals surface area contributed by atoms with Gasteiger partial charge in [-0.25, -0.2) is 8.78 Å². The summed E-state index contributed by atoms with van der Waals surface area (Å²) in [7, 11) is 0. The summed E-state index contributed by atoms with van der Waals surface area (Å²) < 4.78 is 33.1. The molecule has 3 rings (SSSR count). The molecule has 21 heavy (non-hydrogen) atoms. The quantitative estimate of drug-likeness (QED) is 0.835. The molecule has 0 aromatic heterocycles. The van der Waals surface area contributed by atoms with Crippen molar-refractivity contribution in [2.24, 2.45) is 0 Å². The molecule has 0 atom stereocenters. The molecule has 2 aromatic carbocycles. The van der Waals surface area contributed by atoms with Gasteiger partial charge < -0.3 is 10.1 Å². The molecule has 0 amide bonds. The van der Waals surface area contributed by atoms with Crippen LogP contribution in [-0.4, -0.2) is 6.04 Å². The minimum Gasteiger partial charge on any atom is -0.457 e. The third kappa shape index (κ3) is 4.02. The van der Waals surface area contributed by atoms with Gasteiger partial charge in [-0.15, -0.1) is 0 Å². The van der Waals surface area contributed by atoms with E-state index in [0.717, 1.165) is 18.4 Å². The fourth-order valence-electron chi connectivity index (χ4n) is 2.04. The minimum atomic E-state index is -0.390. The lowest BCUT2D eigenvalue weighted by Gasteiger charge is -2.12. The van der Waals surface area contributed by atoms with E-state index in [2.05, 4.69) is 21.2 Å². The Morgan fingerprint density at radius 1 is 1.10 bits per heavy atom. The Balaban J connectivity index is 1.82. The van der Waals surface area contributed by atoms with Gasteiger partial charge in [-0.3, -0.25) is 0 Å². The first-order valence-corrected chi connectivity index (χ1v) is 7.55. The van der Waals surface area contributed by atoms with Crippen LogP contribution in [0.5, 0.6) is 11.5 Å². The van der Waals surface area contributed by atoms with Crippen molar-refractivity contribution >= 4 is 15.9 Å². The van der Waals surface area contributed by atoms with E-state index in [1.165, 1.54) is 24.3 Å². The van der Waals surface area contributed by atoms with Crippen molar-refractivity contribution < 1.29 is 13.5 Å². The van der Waals surface area contributed by atoms with Gasteiger partial charge in [0.25, 0.3) is 0 Å². The zero-order valence-electron chi connectivity index (χ0n) is 11.2. The molecule has 0 radical (unpaired) electrons. The van der Waals surface area contributed by atoms with Gasteiger partial charge in [0.05, 0.1) is 0 Å². The number of hydrogen-bond acceptors (Lipinski definition) is 2. The highest BCUT2D eigenvalue weighted by Gasteiger charge is 2.21. The predicted molar refractivity (Wildman–Crippen MR) is 80.4 cm³/mol. The molecule has 2 aromatic rings. The van der Waals surface area contributed by atoms with E-state index in [4.69, 9.17) is 4.74 Å². The van der Waals surface area contributed by atoms with Crippen LogP contribution in [0.4, 0.5) is 8.78 Å². The van der Waals surface area contributed by atoms with E-state index < -0.39 is 0 Å². The van der Waals surface area contributed by atoms with Crippen LogP contribution in [0.25, 0.3) is 0 Å². The molecule has 0 bridgehead atoms. The van der Waals surface area contributed by atoms with Crippen LogP contribution < -0.4 is 10.1 Å². The molecule has 1 fully saturated rings. The van der Waals surface area contributed by atoms with E-state index in [9.17, 15) is 8.78 Å². The van der Waals surface area contributed by atoms with Crippen LogP contribution in [0.2, 0.25) is 0 Å². The van der Waals surface area contributed by atoms with Gasteiger partial charge >= 0.3 is 0 Å². The Bertz CT molecular complexity index is 638. The first-order chi connectivity index (χ1) is 10.1. The van der Waals surface area contributed by atoms with E-state index in [-0.39, 0.29) is 11.6 Å². The molecular weight excluding hydrogens is 340 g/mol. The van der Waals surface area contributed by atoms with Crippen LogP contribution in [0.15, 0.2) is 40.9 Å². The molecule has 1 aliphatic carbocycles. The molecule has 1 N–H and O–H groups in total. The Hall–Kier alpha value is -1.46. The van der Waals surface area contributed by atoms with Gasteiger partial charge in [-0.2, -0.15) is 0 Å². The minimum absolute atomic E-state index is 0.310. The highest BCUT2D eigenvalue weighted by molar-refractivity contribution is 9.10. The lowest BCUT2D eigenvalue weighted by molar-refractivity contribution is 0.464. The number of benzene rings is 2. The van der Waals surface area contributed by atoms with Gasteiger partial charge in [0.15, 0.2) is 0 Å².